The second-order valence-corrected chi connectivity index (χ2v) is 8.07. The Hall–Kier alpha value is -1.40. The average molecular weight is 345 g/mol. The fraction of sp³-hybridized carbons (Fsp3) is 0.789. The van der Waals surface area contributed by atoms with Crippen molar-refractivity contribution in [2.45, 2.75) is 57.0 Å². The predicted octanol–water partition coefficient (Wildman–Crippen LogP) is 1.46. The van der Waals surface area contributed by atoms with Crippen LogP contribution in [0.5, 0.6) is 0 Å². The number of aromatic nitrogens is 2. The molecule has 1 aliphatic carbocycles. The summed E-state index contributed by atoms with van der Waals surface area (Å²) in [7, 11) is 2.07. The molecule has 1 amide bonds. The Morgan fingerprint density at radius 1 is 1.28 bits per heavy atom. The van der Waals surface area contributed by atoms with E-state index in [0.29, 0.717) is 30.8 Å². The topological polar surface area (TPSA) is 67.4 Å². The molecule has 0 unspecified atom stereocenters. The van der Waals surface area contributed by atoms with Crippen LogP contribution in [0.4, 0.5) is 0 Å². The van der Waals surface area contributed by atoms with Crippen LogP contribution in [0.2, 0.25) is 0 Å². The second-order valence-electron chi connectivity index (χ2n) is 8.07. The molecule has 0 bridgehead atoms. The predicted molar refractivity (Wildman–Crippen MR) is 97.0 cm³/mol. The normalized spacial score (nSPS) is 27.6. The Balaban J connectivity index is 1.40. The molecule has 0 radical (unpaired) electrons. The quantitative estimate of drug-likeness (QED) is 0.848. The lowest BCUT2D eigenvalue weighted by Crippen LogP contribution is -2.56. The van der Waals surface area contributed by atoms with E-state index in [0.717, 1.165) is 51.4 Å². The van der Waals surface area contributed by atoms with E-state index < -0.39 is 0 Å². The number of fused-ring (bicyclic) bond motifs is 1. The molecule has 6 nitrogen and oxygen atoms in total. The van der Waals surface area contributed by atoms with Crippen LogP contribution in [-0.2, 0) is 18.4 Å². The molecule has 2 N–H and O–H groups in total. The highest BCUT2D eigenvalue weighted by Crippen LogP contribution is 2.42. The van der Waals surface area contributed by atoms with Crippen LogP contribution >= 0.6 is 0 Å². The first kappa shape index (κ1) is 17.0. The van der Waals surface area contributed by atoms with E-state index in [1.807, 2.05) is 0 Å². The van der Waals surface area contributed by atoms with Gasteiger partial charge in [0.05, 0.1) is 6.20 Å². The molecule has 25 heavy (non-hydrogen) atoms. The number of rotatable bonds is 6. The van der Waals surface area contributed by atoms with Gasteiger partial charge in [0.25, 0.3) is 0 Å². The third kappa shape index (κ3) is 3.47. The van der Waals surface area contributed by atoms with Crippen molar-refractivity contribution in [3.8, 4) is 0 Å². The number of likely N-dealkylation sites (tertiary alicyclic amines) is 2. The molecule has 2 saturated heterocycles. The van der Waals surface area contributed by atoms with Gasteiger partial charge in [0.2, 0.25) is 5.91 Å². The molecule has 1 saturated carbocycles. The van der Waals surface area contributed by atoms with Crippen molar-refractivity contribution in [1.82, 2.24) is 19.6 Å². The number of nitrogens with zero attached hydrogens (tertiary/aromatic N) is 4. The monoisotopic (exact) mass is 345 g/mol. The van der Waals surface area contributed by atoms with Gasteiger partial charge in [0.15, 0.2) is 0 Å². The van der Waals surface area contributed by atoms with Crippen molar-refractivity contribution >= 4 is 5.91 Å². The first-order valence-corrected chi connectivity index (χ1v) is 9.90. The Bertz CT molecular complexity index is 623. The minimum Gasteiger partial charge on any atom is -0.339 e. The molecular formula is C19H31N5O. The summed E-state index contributed by atoms with van der Waals surface area (Å²) in [5, 5.41) is 4.51. The molecule has 0 spiro atoms. The third-order valence-electron chi connectivity index (χ3n) is 6.25. The van der Waals surface area contributed by atoms with Crippen LogP contribution in [0.1, 0.15) is 55.7 Å². The van der Waals surface area contributed by atoms with E-state index in [4.69, 9.17) is 5.73 Å². The third-order valence-corrected chi connectivity index (χ3v) is 6.25. The second kappa shape index (κ2) is 7.08. The van der Waals surface area contributed by atoms with Crippen LogP contribution in [0.25, 0.3) is 0 Å². The molecule has 3 aliphatic rings. The van der Waals surface area contributed by atoms with E-state index in [2.05, 4.69) is 32.8 Å². The number of nitrogens with two attached hydrogens (primary N) is 1. The molecule has 3 fully saturated rings. The summed E-state index contributed by atoms with van der Waals surface area (Å²) in [6.45, 7) is 4.70. The summed E-state index contributed by atoms with van der Waals surface area (Å²) < 4.78 is 2.08. The first-order valence-electron chi connectivity index (χ1n) is 9.90. The Kier molecular flexibility index (Phi) is 4.82. The Morgan fingerprint density at radius 3 is 2.88 bits per heavy atom. The smallest absolute Gasteiger partial charge is 0.222 e. The lowest BCUT2D eigenvalue weighted by Gasteiger charge is -2.47. The summed E-state index contributed by atoms with van der Waals surface area (Å²) in [6, 6.07) is 0.431. The summed E-state index contributed by atoms with van der Waals surface area (Å²) in [6.07, 6.45) is 8.46. The molecule has 1 aromatic heterocycles. The largest absolute Gasteiger partial charge is 0.339 e. The van der Waals surface area contributed by atoms with Gasteiger partial charge in [-0.3, -0.25) is 14.4 Å². The number of amides is 1. The summed E-state index contributed by atoms with van der Waals surface area (Å²) >= 11 is 0. The maximum absolute atomic E-state index is 12.3. The first-order chi connectivity index (χ1) is 12.2. The maximum Gasteiger partial charge on any atom is 0.222 e. The fourth-order valence-corrected chi connectivity index (χ4v) is 4.86. The minimum absolute atomic E-state index is 0.339. The minimum atomic E-state index is 0.339. The highest BCUT2D eigenvalue weighted by molar-refractivity contribution is 5.77. The van der Waals surface area contributed by atoms with E-state index in [1.54, 1.807) is 0 Å². The van der Waals surface area contributed by atoms with Crippen LogP contribution < -0.4 is 5.73 Å². The van der Waals surface area contributed by atoms with Gasteiger partial charge in [-0.25, -0.2) is 0 Å². The number of hydrogen-bond donors (Lipinski definition) is 1. The van der Waals surface area contributed by atoms with E-state index in [1.165, 1.54) is 24.1 Å². The molecule has 138 valence electrons. The van der Waals surface area contributed by atoms with E-state index >= 15 is 0 Å². The van der Waals surface area contributed by atoms with Crippen molar-refractivity contribution in [2.75, 3.05) is 26.2 Å². The molecule has 2 aliphatic heterocycles. The highest BCUT2D eigenvalue weighted by Gasteiger charge is 2.39. The zero-order valence-electron chi connectivity index (χ0n) is 15.4. The van der Waals surface area contributed by atoms with E-state index in [-0.39, 0.29) is 0 Å². The Labute approximate surface area is 150 Å². The lowest BCUT2D eigenvalue weighted by molar-refractivity contribution is -0.141. The van der Waals surface area contributed by atoms with Gasteiger partial charge in [-0.2, -0.15) is 5.10 Å². The number of aryl methyl sites for hydroxylation is 1. The van der Waals surface area contributed by atoms with Gasteiger partial charge < -0.3 is 10.6 Å². The van der Waals surface area contributed by atoms with E-state index in [9.17, 15) is 4.79 Å². The lowest BCUT2D eigenvalue weighted by atomic mass is 9.83. The molecule has 2 atom stereocenters. The number of hydrogen-bond acceptors (Lipinski definition) is 4. The van der Waals surface area contributed by atoms with Crippen molar-refractivity contribution in [3.05, 3.63) is 17.5 Å². The van der Waals surface area contributed by atoms with Gasteiger partial charge >= 0.3 is 0 Å². The number of carbonyl (C=O) groups excluding carboxylic acids is 1. The standard InChI is InChI=1S/C19H31N5O/c1-22-19(14-3-4-14)16(11-21-22)13-23-10-7-17-15(12-23)5-6-18(25)24(17)9-2-8-20/h11,14-15,17H,2-10,12-13,20H2,1H3/t15-,17+/m0/s1. The molecule has 1 aromatic rings. The Morgan fingerprint density at radius 2 is 2.12 bits per heavy atom. The van der Waals surface area contributed by atoms with Crippen LogP contribution in [0, 0.1) is 5.92 Å². The summed E-state index contributed by atoms with van der Waals surface area (Å²) in [5.41, 5.74) is 8.52. The van der Waals surface area contributed by atoms with Gasteiger partial charge in [-0.15, -0.1) is 0 Å². The molecule has 4 rings (SSSR count). The van der Waals surface area contributed by atoms with Crippen LogP contribution in [0.15, 0.2) is 6.20 Å². The van der Waals surface area contributed by atoms with Gasteiger partial charge in [-0.05, 0) is 44.6 Å². The molecule has 3 heterocycles. The van der Waals surface area contributed by atoms with Gasteiger partial charge in [0.1, 0.15) is 0 Å². The maximum atomic E-state index is 12.3. The number of piperidine rings is 2. The fourth-order valence-electron chi connectivity index (χ4n) is 4.86. The van der Waals surface area contributed by atoms with Crippen molar-refractivity contribution in [1.29, 1.82) is 0 Å². The number of carbonyl (C=O) groups is 1. The van der Waals surface area contributed by atoms with Crippen molar-refractivity contribution < 1.29 is 4.79 Å². The molecule has 0 aromatic carbocycles. The molecule has 6 heteroatoms. The highest BCUT2D eigenvalue weighted by atomic mass is 16.2. The van der Waals surface area contributed by atoms with Gasteiger partial charge in [-0.1, -0.05) is 0 Å². The van der Waals surface area contributed by atoms with Crippen molar-refractivity contribution in [3.63, 3.8) is 0 Å². The summed E-state index contributed by atoms with van der Waals surface area (Å²) in [4.78, 5) is 17.0. The summed E-state index contributed by atoms with van der Waals surface area (Å²) in [5.74, 6) is 1.69. The average Bonchev–Trinajstić information content (AvgIpc) is 3.38. The van der Waals surface area contributed by atoms with Gasteiger partial charge in [0, 0.05) is 62.9 Å². The SMILES string of the molecule is Cn1ncc(CN2CC[C@@H]3[C@@H](CCC(=O)N3CCCN)C2)c1C1CC1. The molecular weight excluding hydrogens is 314 g/mol. The van der Waals surface area contributed by atoms with Crippen molar-refractivity contribution in [2.24, 2.45) is 18.7 Å². The van der Waals surface area contributed by atoms with Crippen LogP contribution in [0.3, 0.4) is 0 Å². The zero-order chi connectivity index (χ0) is 17.4. The zero-order valence-corrected chi connectivity index (χ0v) is 15.4. The van der Waals surface area contributed by atoms with Crippen LogP contribution in [-0.4, -0.2) is 57.7 Å².